The molecule has 2 amide bonds. The molecular formula is C25H31N3O4S. The maximum absolute atomic E-state index is 13.1. The molecule has 7 nitrogen and oxygen atoms in total. The van der Waals surface area contributed by atoms with Crippen molar-refractivity contribution in [1.29, 1.82) is 0 Å². The Morgan fingerprint density at radius 3 is 2.42 bits per heavy atom. The fourth-order valence-corrected chi connectivity index (χ4v) is 5.52. The van der Waals surface area contributed by atoms with Gasteiger partial charge in [-0.3, -0.25) is 9.59 Å². The summed E-state index contributed by atoms with van der Waals surface area (Å²) in [5, 5.41) is 2.86. The summed E-state index contributed by atoms with van der Waals surface area (Å²) < 4.78 is 27.7. The van der Waals surface area contributed by atoms with Crippen molar-refractivity contribution < 1.29 is 18.0 Å². The first-order valence-corrected chi connectivity index (χ1v) is 12.5. The second kappa shape index (κ2) is 10.8. The van der Waals surface area contributed by atoms with E-state index in [0.29, 0.717) is 31.6 Å². The largest absolute Gasteiger partial charge is 0.349 e. The van der Waals surface area contributed by atoms with Crippen LogP contribution in [0.4, 0.5) is 0 Å². The monoisotopic (exact) mass is 469 g/mol. The Balaban J connectivity index is 1.62. The summed E-state index contributed by atoms with van der Waals surface area (Å²) in [6, 6.07) is 16.0. The lowest BCUT2D eigenvalue weighted by atomic mass is 9.95. The van der Waals surface area contributed by atoms with E-state index in [1.807, 2.05) is 37.3 Å². The van der Waals surface area contributed by atoms with Crippen molar-refractivity contribution in [1.82, 2.24) is 14.5 Å². The SMILES string of the molecule is C=CC(=O)NC1CCN(S(=O)(=O)c2ccc(C(=O)N(C)CCc3ccccc3)cc2)CC1C. The third-order valence-corrected chi connectivity index (χ3v) is 7.92. The van der Waals surface area contributed by atoms with Gasteiger partial charge in [-0.15, -0.1) is 0 Å². The molecule has 0 aromatic heterocycles. The average molecular weight is 470 g/mol. The van der Waals surface area contributed by atoms with E-state index in [0.717, 1.165) is 12.0 Å². The van der Waals surface area contributed by atoms with Crippen molar-refractivity contribution in [3.63, 3.8) is 0 Å². The normalized spacial score (nSPS) is 19.0. The Morgan fingerprint density at radius 1 is 1.15 bits per heavy atom. The molecule has 1 heterocycles. The van der Waals surface area contributed by atoms with E-state index in [-0.39, 0.29) is 28.7 Å². The van der Waals surface area contributed by atoms with Gasteiger partial charge < -0.3 is 10.2 Å². The van der Waals surface area contributed by atoms with Crippen LogP contribution < -0.4 is 5.32 Å². The first-order chi connectivity index (χ1) is 15.7. The summed E-state index contributed by atoms with van der Waals surface area (Å²) in [6.45, 7) is 6.57. The number of benzene rings is 2. The number of piperidine rings is 1. The lowest BCUT2D eigenvalue weighted by molar-refractivity contribution is -0.117. The Bertz CT molecular complexity index is 1080. The molecule has 176 valence electrons. The number of rotatable bonds is 8. The summed E-state index contributed by atoms with van der Waals surface area (Å²) in [5.74, 6) is -0.434. The molecule has 2 aromatic rings. The number of nitrogens with one attached hydrogen (secondary N) is 1. The quantitative estimate of drug-likeness (QED) is 0.603. The molecule has 2 atom stereocenters. The standard InChI is InChI=1S/C25H31N3O4S/c1-4-24(29)26-23-15-17-28(18-19(23)2)33(31,32)22-12-10-21(11-13-22)25(30)27(3)16-14-20-8-6-5-7-9-20/h4-13,19,23H,1,14-18H2,2-3H3,(H,26,29). The highest BCUT2D eigenvalue weighted by atomic mass is 32.2. The first-order valence-electron chi connectivity index (χ1n) is 11.0. The van der Waals surface area contributed by atoms with Crippen molar-refractivity contribution in [2.45, 2.75) is 30.7 Å². The number of likely N-dealkylation sites (N-methyl/N-ethyl adjacent to an activating group) is 1. The topological polar surface area (TPSA) is 86.8 Å². The van der Waals surface area contributed by atoms with Crippen LogP contribution in [0.15, 0.2) is 72.1 Å². The van der Waals surface area contributed by atoms with Gasteiger partial charge in [0.2, 0.25) is 15.9 Å². The van der Waals surface area contributed by atoms with Crippen molar-refractivity contribution >= 4 is 21.8 Å². The molecule has 33 heavy (non-hydrogen) atoms. The van der Waals surface area contributed by atoms with Gasteiger partial charge in [0, 0.05) is 38.3 Å². The molecular weight excluding hydrogens is 438 g/mol. The molecule has 1 aliphatic rings. The fraction of sp³-hybridized carbons (Fsp3) is 0.360. The number of hydrogen-bond acceptors (Lipinski definition) is 4. The highest BCUT2D eigenvalue weighted by molar-refractivity contribution is 7.89. The number of sulfonamides is 1. The van der Waals surface area contributed by atoms with E-state index < -0.39 is 10.0 Å². The minimum absolute atomic E-state index is 0.0310. The van der Waals surface area contributed by atoms with Gasteiger partial charge in [0.1, 0.15) is 0 Å². The number of hydrogen-bond donors (Lipinski definition) is 1. The molecule has 2 aromatic carbocycles. The zero-order valence-electron chi connectivity index (χ0n) is 19.1. The third kappa shape index (κ3) is 6.09. The zero-order chi connectivity index (χ0) is 24.0. The second-order valence-corrected chi connectivity index (χ2v) is 10.4. The van der Waals surface area contributed by atoms with Crippen LogP contribution in [-0.2, 0) is 21.2 Å². The second-order valence-electron chi connectivity index (χ2n) is 8.43. The molecule has 1 aliphatic heterocycles. The van der Waals surface area contributed by atoms with Gasteiger partial charge in [-0.25, -0.2) is 8.42 Å². The Morgan fingerprint density at radius 2 is 1.82 bits per heavy atom. The lowest BCUT2D eigenvalue weighted by Crippen LogP contribution is -2.51. The highest BCUT2D eigenvalue weighted by Gasteiger charge is 2.34. The van der Waals surface area contributed by atoms with E-state index in [4.69, 9.17) is 0 Å². The summed E-state index contributed by atoms with van der Waals surface area (Å²) in [6.07, 6.45) is 2.50. The van der Waals surface area contributed by atoms with Crippen LogP contribution in [0.1, 0.15) is 29.3 Å². The van der Waals surface area contributed by atoms with Crippen LogP contribution in [0, 0.1) is 5.92 Å². The van der Waals surface area contributed by atoms with Crippen molar-refractivity contribution in [3.8, 4) is 0 Å². The van der Waals surface area contributed by atoms with Crippen molar-refractivity contribution in [2.24, 2.45) is 5.92 Å². The van der Waals surface area contributed by atoms with Gasteiger partial charge in [0.05, 0.1) is 4.90 Å². The molecule has 3 rings (SSSR count). The summed E-state index contributed by atoms with van der Waals surface area (Å²) >= 11 is 0. The van der Waals surface area contributed by atoms with E-state index >= 15 is 0 Å². The van der Waals surface area contributed by atoms with E-state index in [9.17, 15) is 18.0 Å². The van der Waals surface area contributed by atoms with Gasteiger partial charge in [0.15, 0.2) is 0 Å². The third-order valence-electron chi connectivity index (χ3n) is 6.05. The maximum Gasteiger partial charge on any atom is 0.253 e. The van der Waals surface area contributed by atoms with E-state index in [2.05, 4.69) is 11.9 Å². The van der Waals surface area contributed by atoms with Gasteiger partial charge >= 0.3 is 0 Å². The van der Waals surface area contributed by atoms with Crippen LogP contribution in [0.5, 0.6) is 0 Å². The molecule has 0 radical (unpaired) electrons. The van der Waals surface area contributed by atoms with E-state index in [1.165, 1.54) is 22.5 Å². The summed E-state index contributed by atoms with van der Waals surface area (Å²) in [7, 11) is -1.94. The average Bonchev–Trinajstić information content (AvgIpc) is 2.83. The first kappa shape index (κ1) is 24.7. The molecule has 0 saturated carbocycles. The molecule has 1 saturated heterocycles. The Kier molecular flexibility index (Phi) is 8.05. The predicted molar refractivity (Wildman–Crippen MR) is 128 cm³/mol. The molecule has 1 fully saturated rings. The fourth-order valence-electron chi connectivity index (χ4n) is 3.96. The Hall–Kier alpha value is -2.97. The molecule has 0 bridgehead atoms. The van der Waals surface area contributed by atoms with Crippen molar-refractivity contribution in [3.05, 3.63) is 78.4 Å². The number of amides is 2. The van der Waals surface area contributed by atoms with Crippen LogP contribution in [0.25, 0.3) is 0 Å². The number of carbonyl (C=O) groups is 2. The molecule has 0 aliphatic carbocycles. The summed E-state index contributed by atoms with van der Waals surface area (Å²) in [5.41, 5.74) is 1.60. The number of nitrogens with zero attached hydrogens (tertiary/aromatic N) is 2. The van der Waals surface area contributed by atoms with Crippen LogP contribution in [-0.4, -0.2) is 62.2 Å². The maximum atomic E-state index is 13.1. The zero-order valence-corrected chi connectivity index (χ0v) is 19.9. The van der Waals surface area contributed by atoms with Gasteiger partial charge in [-0.1, -0.05) is 43.8 Å². The van der Waals surface area contributed by atoms with E-state index in [1.54, 1.807) is 24.1 Å². The smallest absolute Gasteiger partial charge is 0.253 e. The predicted octanol–water partition coefficient (Wildman–Crippen LogP) is 2.70. The Labute approximate surface area is 196 Å². The molecule has 8 heteroatoms. The van der Waals surface area contributed by atoms with Gasteiger partial charge in [-0.05, 0) is 54.7 Å². The van der Waals surface area contributed by atoms with Crippen LogP contribution in [0.3, 0.4) is 0 Å². The summed E-state index contributed by atoms with van der Waals surface area (Å²) in [4.78, 5) is 26.1. The molecule has 2 unspecified atom stereocenters. The minimum Gasteiger partial charge on any atom is -0.349 e. The molecule has 1 N–H and O–H groups in total. The minimum atomic E-state index is -3.69. The molecule has 0 spiro atoms. The number of carbonyl (C=O) groups excluding carboxylic acids is 2. The van der Waals surface area contributed by atoms with Crippen LogP contribution >= 0.6 is 0 Å². The van der Waals surface area contributed by atoms with Crippen LogP contribution in [0.2, 0.25) is 0 Å². The van der Waals surface area contributed by atoms with Gasteiger partial charge in [-0.2, -0.15) is 4.31 Å². The lowest BCUT2D eigenvalue weighted by Gasteiger charge is -2.36. The highest BCUT2D eigenvalue weighted by Crippen LogP contribution is 2.24. The van der Waals surface area contributed by atoms with Crippen molar-refractivity contribution in [2.75, 3.05) is 26.7 Å². The van der Waals surface area contributed by atoms with Gasteiger partial charge in [0.25, 0.3) is 5.91 Å².